The van der Waals surface area contributed by atoms with Crippen molar-refractivity contribution in [2.24, 2.45) is 0 Å². The van der Waals surface area contributed by atoms with Gasteiger partial charge in [-0.05, 0) is 41.2 Å². The smallest absolute Gasteiger partial charge is 0.338 e. The summed E-state index contributed by atoms with van der Waals surface area (Å²) in [5, 5.41) is -0.156. The Morgan fingerprint density at radius 3 is 2.06 bits per heavy atom. The van der Waals surface area contributed by atoms with E-state index in [1.165, 1.54) is 0 Å². The van der Waals surface area contributed by atoms with E-state index in [1.54, 1.807) is 0 Å². The van der Waals surface area contributed by atoms with Gasteiger partial charge in [-0.2, -0.15) is 0 Å². The molecule has 0 spiro atoms. The van der Waals surface area contributed by atoms with Crippen LogP contribution in [0, 0.1) is 0 Å². The fourth-order valence-corrected chi connectivity index (χ4v) is 10.6. The summed E-state index contributed by atoms with van der Waals surface area (Å²) in [6, 6.07) is 0. The molecule has 0 amide bonds. The van der Waals surface area contributed by atoms with Crippen LogP contribution in [0.3, 0.4) is 0 Å². The van der Waals surface area contributed by atoms with Gasteiger partial charge in [-0.15, -0.1) is 0 Å². The number of rotatable bonds is 10. The lowest BCUT2D eigenvalue weighted by Gasteiger charge is -2.35. The van der Waals surface area contributed by atoms with Crippen LogP contribution in [0.4, 0.5) is 0 Å². The molecule has 7 heteroatoms. The molecule has 0 aliphatic carbocycles. The average Bonchev–Trinajstić information content (AvgIpc) is 2.23. The van der Waals surface area contributed by atoms with Crippen molar-refractivity contribution in [2.45, 2.75) is 46.4 Å². The van der Waals surface area contributed by atoms with E-state index in [9.17, 15) is 0 Å². The standard InChI is InChI=1S/C10H28O4Si3/c1-7-11-15-10(4,5)14-17(6,13-9-3)16-12-8-2/h7-9,15-16H2,1-6H3. The van der Waals surface area contributed by atoms with E-state index in [-0.39, 0.29) is 5.22 Å². The fraction of sp³-hybridized carbons (Fsp3) is 1.00. The summed E-state index contributed by atoms with van der Waals surface area (Å²) in [5.74, 6) is 0. The summed E-state index contributed by atoms with van der Waals surface area (Å²) < 4.78 is 23.3. The Balaban J connectivity index is 4.38. The molecular formula is C10H28O4Si3. The minimum absolute atomic E-state index is 0.156. The summed E-state index contributed by atoms with van der Waals surface area (Å²) in [7, 11) is -3.49. The van der Waals surface area contributed by atoms with Crippen molar-refractivity contribution in [1.29, 1.82) is 0 Å². The van der Waals surface area contributed by atoms with Crippen molar-refractivity contribution >= 4 is 27.1 Å². The predicted molar refractivity (Wildman–Crippen MR) is 78.7 cm³/mol. The van der Waals surface area contributed by atoms with Crippen LogP contribution < -0.4 is 0 Å². The van der Waals surface area contributed by atoms with Crippen molar-refractivity contribution in [1.82, 2.24) is 0 Å². The van der Waals surface area contributed by atoms with E-state index in [1.807, 2.05) is 20.8 Å². The zero-order valence-electron chi connectivity index (χ0n) is 12.2. The van der Waals surface area contributed by atoms with Gasteiger partial charge in [-0.25, -0.2) is 0 Å². The van der Waals surface area contributed by atoms with Crippen molar-refractivity contribution in [2.75, 3.05) is 19.8 Å². The quantitative estimate of drug-likeness (QED) is 0.553. The SMILES string of the molecule is CCO[SiH2]C(C)(C)O[Si](C)(OCC)[SiH2]OCC. The molecular weight excluding hydrogens is 268 g/mol. The summed E-state index contributed by atoms with van der Waals surface area (Å²) in [6.07, 6.45) is 0. The molecule has 1 atom stereocenters. The third-order valence-electron chi connectivity index (χ3n) is 2.16. The molecule has 17 heavy (non-hydrogen) atoms. The normalized spacial score (nSPS) is 17.3. The molecule has 0 rings (SSSR count). The van der Waals surface area contributed by atoms with Gasteiger partial charge < -0.3 is 17.7 Å². The van der Waals surface area contributed by atoms with Crippen LogP contribution in [0.5, 0.6) is 0 Å². The van der Waals surface area contributed by atoms with Crippen LogP contribution in [0.25, 0.3) is 0 Å². The molecule has 0 heterocycles. The summed E-state index contributed by atoms with van der Waals surface area (Å²) >= 11 is 0. The molecule has 0 aromatic rings. The second-order valence-corrected chi connectivity index (χ2v) is 15.3. The second-order valence-electron chi connectivity index (χ2n) is 4.70. The Bertz CT molecular complexity index is 204. The molecule has 0 aromatic heterocycles. The first-order chi connectivity index (χ1) is 7.89. The highest BCUT2D eigenvalue weighted by molar-refractivity contribution is 7.15. The van der Waals surface area contributed by atoms with E-state index in [0.717, 1.165) is 13.2 Å². The first-order valence-corrected chi connectivity index (χ1v) is 12.9. The molecule has 0 saturated heterocycles. The van der Waals surface area contributed by atoms with Crippen LogP contribution >= 0.6 is 0 Å². The third-order valence-corrected chi connectivity index (χ3v) is 10.2. The highest BCUT2D eigenvalue weighted by Gasteiger charge is 2.38. The molecule has 4 nitrogen and oxygen atoms in total. The van der Waals surface area contributed by atoms with Gasteiger partial charge in [0.15, 0.2) is 9.76 Å². The van der Waals surface area contributed by atoms with Crippen LogP contribution in [0.1, 0.15) is 34.6 Å². The van der Waals surface area contributed by atoms with E-state index in [2.05, 4.69) is 20.4 Å². The molecule has 0 aromatic carbocycles. The topological polar surface area (TPSA) is 36.9 Å². The zero-order valence-corrected chi connectivity index (χ0v) is 16.0. The van der Waals surface area contributed by atoms with Crippen LogP contribution in [0.15, 0.2) is 0 Å². The first kappa shape index (κ1) is 17.5. The van der Waals surface area contributed by atoms with Crippen LogP contribution in [-0.4, -0.2) is 52.2 Å². The summed E-state index contributed by atoms with van der Waals surface area (Å²) in [6.45, 7) is 14.6. The fourth-order valence-electron chi connectivity index (χ4n) is 1.66. The third kappa shape index (κ3) is 8.25. The second kappa shape index (κ2) is 8.57. The van der Waals surface area contributed by atoms with Crippen molar-refractivity contribution in [3.8, 4) is 0 Å². The van der Waals surface area contributed by atoms with Gasteiger partial charge in [-0.1, -0.05) is 0 Å². The maximum atomic E-state index is 6.26. The molecule has 104 valence electrons. The van der Waals surface area contributed by atoms with Crippen molar-refractivity contribution < 1.29 is 17.7 Å². The largest absolute Gasteiger partial charge is 0.422 e. The molecule has 0 N–H and O–H groups in total. The zero-order chi connectivity index (χ0) is 13.4. The lowest BCUT2D eigenvalue weighted by Crippen LogP contribution is -2.54. The Morgan fingerprint density at radius 1 is 1.00 bits per heavy atom. The molecule has 1 unspecified atom stereocenters. The van der Waals surface area contributed by atoms with Gasteiger partial charge in [-0.3, -0.25) is 0 Å². The first-order valence-electron chi connectivity index (χ1n) is 6.38. The van der Waals surface area contributed by atoms with Gasteiger partial charge in [0.2, 0.25) is 9.28 Å². The van der Waals surface area contributed by atoms with Gasteiger partial charge in [0.05, 0.1) is 5.22 Å². The van der Waals surface area contributed by atoms with E-state index in [4.69, 9.17) is 17.7 Å². The monoisotopic (exact) mass is 296 g/mol. The molecule has 0 bridgehead atoms. The Hall–Kier alpha value is 0.491. The van der Waals surface area contributed by atoms with E-state index in [0.29, 0.717) is 6.61 Å². The molecule has 0 radical (unpaired) electrons. The van der Waals surface area contributed by atoms with Gasteiger partial charge in [0.1, 0.15) is 0 Å². The Morgan fingerprint density at radius 2 is 1.59 bits per heavy atom. The van der Waals surface area contributed by atoms with Gasteiger partial charge >= 0.3 is 8.08 Å². The van der Waals surface area contributed by atoms with Crippen molar-refractivity contribution in [3.63, 3.8) is 0 Å². The van der Waals surface area contributed by atoms with Gasteiger partial charge in [0, 0.05) is 19.8 Å². The summed E-state index contributed by atoms with van der Waals surface area (Å²) in [4.78, 5) is 0. The molecule has 0 aliphatic heterocycles. The van der Waals surface area contributed by atoms with Gasteiger partial charge in [0.25, 0.3) is 0 Å². The minimum atomic E-state index is -2.08. The predicted octanol–water partition coefficient (Wildman–Crippen LogP) is 0.585. The minimum Gasteiger partial charge on any atom is -0.422 e. The highest BCUT2D eigenvalue weighted by atomic mass is 29.2. The Labute approximate surface area is 111 Å². The van der Waals surface area contributed by atoms with E-state index >= 15 is 0 Å². The Kier molecular flexibility index (Phi) is 8.82. The molecule has 0 fully saturated rings. The molecule has 0 saturated carbocycles. The molecule has 0 aliphatic rings. The number of hydrogen-bond donors (Lipinski definition) is 0. The maximum Gasteiger partial charge on any atom is 0.338 e. The average molecular weight is 297 g/mol. The van der Waals surface area contributed by atoms with Crippen LogP contribution in [-0.2, 0) is 17.7 Å². The van der Waals surface area contributed by atoms with Crippen LogP contribution in [0.2, 0.25) is 6.55 Å². The lowest BCUT2D eigenvalue weighted by molar-refractivity contribution is 0.108. The lowest BCUT2D eigenvalue weighted by atomic mass is 10.5. The maximum absolute atomic E-state index is 6.26. The number of hydrogen-bond acceptors (Lipinski definition) is 4. The highest BCUT2D eigenvalue weighted by Crippen LogP contribution is 2.17. The summed E-state index contributed by atoms with van der Waals surface area (Å²) in [5.41, 5.74) is 0. The van der Waals surface area contributed by atoms with Crippen molar-refractivity contribution in [3.05, 3.63) is 0 Å². The van der Waals surface area contributed by atoms with E-state index < -0.39 is 27.1 Å².